The van der Waals surface area contributed by atoms with Gasteiger partial charge in [-0.15, -0.1) is 0 Å². The number of morpholine rings is 1. The Morgan fingerprint density at radius 3 is 2.59 bits per heavy atom. The molecule has 1 saturated heterocycles. The number of hydrogen-bond donors (Lipinski definition) is 1. The summed E-state index contributed by atoms with van der Waals surface area (Å²) in [7, 11) is 0. The van der Waals surface area contributed by atoms with E-state index in [0.717, 1.165) is 55.9 Å². The zero-order valence-electron chi connectivity index (χ0n) is 10.8. The van der Waals surface area contributed by atoms with Crippen LogP contribution in [0.15, 0.2) is 0 Å². The molecule has 1 fully saturated rings. The van der Waals surface area contributed by atoms with Gasteiger partial charge in [0, 0.05) is 30.9 Å². The lowest BCUT2D eigenvalue weighted by molar-refractivity contribution is 0.122. The molecule has 0 atom stereocenters. The highest BCUT2D eigenvalue weighted by atomic mass is 16.5. The van der Waals surface area contributed by atoms with Crippen LogP contribution >= 0.6 is 0 Å². The van der Waals surface area contributed by atoms with Gasteiger partial charge in [-0.25, -0.2) is 4.98 Å². The second-order valence-electron chi connectivity index (χ2n) is 4.21. The van der Waals surface area contributed by atoms with Gasteiger partial charge in [0.05, 0.1) is 13.2 Å². The highest BCUT2D eigenvalue weighted by molar-refractivity contribution is 5.50. The van der Waals surface area contributed by atoms with Gasteiger partial charge in [-0.3, -0.25) is 0 Å². The third-order valence-corrected chi connectivity index (χ3v) is 3.02. The van der Waals surface area contributed by atoms with Crippen molar-refractivity contribution in [3.8, 4) is 0 Å². The number of rotatable bonds is 3. The summed E-state index contributed by atoms with van der Waals surface area (Å²) in [6.07, 6.45) is 0. The van der Waals surface area contributed by atoms with Crippen molar-refractivity contribution in [2.75, 3.05) is 43.1 Å². The lowest BCUT2D eigenvalue weighted by Gasteiger charge is -2.27. The third-order valence-electron chi connectivity index (χ3n) is 3.02. The van der Waals surface area contributed by atoms with Gasteiger partial charge in [-0.1, -0.05) is 0 Å². The van der Waals surface area contributed by atoms with Crippen molar-refractivity contribution in [3.05, 3.63) is 11.3 Å². The predicted octanol–water partition coefficient (Wildman–Crippen LogP) is 1.36. The van der Waals surface area contributed by atoms with Crippen LogP contribution in [0.2, 0.25) is 0 Å². The van der Waals surface area contributed by atoms with E-state index in [4.69, 9.17) is 4.74 Å². The Morgan fingerprint density at radius 1 is 1.24 bits per heavy atom. The van der Waals surface area contributed by atoms with Gasteiger partial charge in [0.1, 0.15) is 5.82 Å². The van der Waals surface area contributed by atoms with Gasteiger partial charge in [-0.05, 0) is 20.8 Å². The molecule has 0 spiro atoms. The minimum atomic E-state index is 0.757. The number of aromatic nitrogens is 2. The second kappa shape index (κ2) is 5.31. The van der Waals surface area contributed by atoms with Crippen LogP contribution in [0.4, 0.5) is 11.8 Å². The number of aryl methyl sites for hydroxylation is 1. The molecule has 5 nitrogen and oxygen atoms in total. The van der Waals surface area contributed by atoms with Crippen LogP contribution in [0.3, 0.4) is 0 Å². The minimum Gasteiger partial charge on any atom is -0.378 e. The van der Waals surface area contributed by atoms with Crippen molar-refractivity contribution in [2.24, 2.45) is 0 Å². The molecule has 0 aliphatic carbocycles. The van der Waals surface area contributed by atoms with E-state index < -0.39 is 0 Å². The molecular formula is C12H20N4O. The summed E-state index contributed by atoms with van der Waals surface area (Å²) in [4.78, 5) is 11.3. The van der Waals surface area contributed by atoms with Crippen molar-refractivity contribution in [1.82, 2.24) is 9.97 Å². The topological polar surface area (TPSA) is 50.3 Å². The van der Waals surface area contributed by atoms with E-state index in [1.165, 1.54) is 0 Å². The lowest BCUT2D eigenvalue weighted by Crippen LogP contribution is -2.37. The van der Waals surface area contributed by atoms with E-state index >= 15 is 0 Å². The van der Waals surface area contributed by atoms with Crippen molar-refractivity contribution in [3.63, 3.8) is 0 Å². The smallest absolute Gasteiger partial charge is 0.227 e. The monoisotopic (exact) mass is 236 g/mol. The van der Waals surface area contributed by atoms with Crippen molar-refractivity contribution < 1.29 is 4.74 Å². The summed E-state index contributed by atoms with van der Waals surface area (Å²) in [5, 5.41) is 3.29. The molecule has 2 heterocycles. The van der Waals surface area contributed by atoms with E-state index in [2.05, 4.69) is 34.0 Å². The standard InChI is InChI=1S/C12H20N4O/c1-4-13-11-9(2)10(3)14-12(15-11)16-5-7-17-8-6-16/h4-8H2,1-3H3,(H,13,14,15). The first-order valence-electron chi connectivity index (χ1n) is 6.14. The summed E-state index contributed by atoms with van der Waals surface area (Å²) < 4.78 is 5.34. The molecule has 0 aromatic carbocycles. The Bertz CT molecular complexity index is 388. The van der Waals surface area contributed by atoms with E-state index in [9.17, 15) is 0 Å². The maximum absolute atomic E-state index is 5.34. The van der Waals surface area contributed by atoms with Crippen LogP contribution in [0.25, 0.3) is 0 Å². The zero-order valence-corrected chi connectivity index (χ0v) is 10.8. The largest absolute Gasteiger partial charge is 0.378 e. The fourth-order valence-corrected chi connectivity index (χ4v) is 1.86. The maximum atomic E-state index is 5.34. The molecule has 0 saturated carbocycles. The summed E-state index contributed by atoms with van der Waals surface area (Å²) in [5.74, 6) is 1.76. The lowest BCUT2D eigenvalue weighted by atomic mass is 10.2. The fourth-order valence-electron chi connectivity index (χ4n) is 1.86. The Morgan fingerprint density at radius 2 is 1.94 bits per heavy atom. The van der Waals surface area contributed by atoms with Gasteiger partial charge in [-0.2, -0.15) is 4.98 Å². The van der Waals surface area contributed by atoms with E-state index in [-0.39, 0.29) is 0 Å². The zero-order chi connectivity index (χ0) is 12.3. The second-order valence-corrected chi connectivity index (χ2v) is 4.21. The average molecular weight is 236 g/mol. The molecule has 0 unspecified atom stereocenters. The number of ether oxygens (including phenoxy) is 1. The summed E-state index contributed by atoms with van der Waals surface area (Å²) in [6.45, 7) is 10.3. The first-order chi connectivity index (χ1) is 8.22. The molecule has 1 aliphatic rings. The summed E-state index contributed by atoms with van der Waals surface area (Å²) in [6, 6.07) is 0. The van der Waals surface area contributed by atoms with Gasteiger partial charge < -0.3 is 15.0 Å². The molecule has 5 heteroatoms. The molecule has 0 amide bonds. The van der Waals surface area contributed by atoms with Crippen LogP contribution in [0.5, 0.6) is 0 Å². The van der Waals surface area contributed by atoms with Crippen molar-refractivity contribution >= 4 is 11.8 Å². The first-order valence-corrected chi connectivity index (χ1v) is 6.14. The Balaban J connectivity index is 2.27. The Labute approximate surface area is 102 Å². The van der Waals surface area contributed by atoms with Gasteiger partial charge in [0.2, 0.25) is 5.95 Å². The fraction of sp³-hybridized carbons (Fsp3) is 0.667. The Kier molecular flexibility index (Phi) is 3.78. The van der Waals surface area contributed by atoms with Crippen LogP contribution in [0, 0.1) is 13.8 Å². The van der Waals surface area contributed by atoms with Crippen LogP contribution in [0.1, 0.15) is 18.2 Å². The van der Waals surface area contributed by atoms with Crippen molar-refractivity contribution in [2.45, 2.75) is 20.8 Å². The molecule has 1 aromatic rings. The highest BCUT2D eigenvalue weighted by Gasteiger charge is 2.16. The van der Waals surface area contributed by atoms with E-state index in [0.29, 0.717) is 0 Å². The minimum absolute atomic E-state index is 0.757. The molecule has 2 rings (SSSR count). The molecule has 94 valence electrons. The quantitative estimate of drug-likeness (QED) is 0.858. The van der Waals surface area contributed by atoms with E-state index in [1.807, 2.05) is 6.92 Å². The maximum Gasteiger partial charge on any atom is 0.227 e. The molecule has 17 heavy (non-hydrogen) atoms. The number of anilines is 2. The summed E-state index contributed by atoms with van der Waals surface area (Å²) in [5.41, 5.74) is 2.17. The van der Waals surface area contributed by atoms with Crippen LogP contribution < -0.4 is 10.2 Å². The average Bonchev–Trinajstić information content (AvgIpc) is 2.36. The molecule has 1 N–H and O–H groups in total. The molecule has 1 aromatic heterocycles. The van der Waals surface area contributed by atoms with Crippen LogP contribution in [-0.2, 0) is 4.74 Å². The molecule has 1 aliphatic heterocycles. The van der Waals surface area contributed by atoms with Crippen LogP contribution in [-0.4, -0.2) is 42.8 Å². The molecule has 0 bridgehead atoms. The van der Waals surface area contributed by atoms with Crippen molar-refractivity contribution in [1.29, 1.82) is 0 Å². The summed E-state index contributed by atoms with van der Waals surface area (Å²) >= 11 is 0. The number of nitrogens with one attached hydrogen (secondary N) is 1. The van der Waals surface area contributed by atoms with E-state index in [1.54, 1.807) is 0 Å². The van der Waals surface area contributed by atoms with Gasteiger partial charge in [0.15, 0.2) is 0 Å². The predicted molar refractivity (Wildman–Crippen MR) is 68.7 cm³/mol. The normalized spacial score (nSPS) is 16.1. The van der Waals surface area contributed by atoms with Gasteiger partial charge >= 0.3 is 0 Å². The first kappa shape index (κ1) is 12.1. The van der Waals surface area contributed by atoms with Gasteiger partial charge in [0.25, 0.3) is 0 Å². The highest BCUT2D eigenvalue weighted by Crippen LogP contribution is 2.19. The number of hydrogen-bond acceptors (Lipinski definition) is 5. The third kappa shape index (κ3) is 2.66. The molecule has 0 radical (unpaired) electrons. The Hall–Kier alpha value is -1.36. The number of nitrogens with zero attached hydrogens (tertiary/aromatic N) is 3. The SMILES string of the molecule is CCNc1nc(N2CCOCC2)nc(C)c1C. The molecular weight excluding hydrogens is 216 g/mol.